The number of aryl methyl sites for hydroxylation is 1. The molecule has 3 aromatic carbocycles. The van der Waals surface area contributed by atoms with E-state index in [4.69, 9.17) is 21.1 Å². The van der Waals surface area contributed by atoms with Crippen LogP contribution in [0.2, 0.25) is 5.02 Å². The van der Waals surface area contributed by atoms with Crippen molar-refractivity contribution >= 4 is 29.1 Å². The van der Waals surface area contributed by atoms with Crippen molar-refractivity contribution in [2.45, 2.75) is 13.5 Å². The lowest BCUT2D eigenvalue weighted by molar-refractivity contribution is -0.384. The van der Waals surface area contributed by atoms with Gasteiger partial charge in [-0.05, 0) is 36.2 Å². The molecule has 0 aromatic heterocycles. The van der Waals surface area contributed by atoms with Gasteiger partial charge in [0.2, 0.25) is 0 Å². The number of hydrogen-bond donors (Lipinski definition) is 1. The number of amides is 1. The maximum atomic E-state index is 12.1. The van der Waals surface area contributed by atoms with E-state index >= 15 is 0 Å². The second kappa shape index (κ2) is 9.07. The summed E-state index contributed by atoms with van der Waals surface area (Å²) in [6.07, 6.45) is -0.733. The summed E-state index contributed by atoms with van der Waals surface area (Å²) in [6.45, 7) is 1.88. The number of non-ortho nitro benzene ring substituents is 1. The zero-order valence-electron chi connectivity index (χ0n) is 15.4. The van der Waals surface area contributed by atoms with Crippen molar-refractivity contribution in [1.29, 1.82) is 0 Å². The summed E-state index contributed by atoms with van der Waals surface area (Å²) in [5.74, 6) is 0.690. The molecule has 148 valence electrons. The van der Waals surface area contributed by atoms with E-state index in [-0.39, 0.29) is 23.7 Å². The van der Waals surface area contributed by atoms with Crippen LogP contribution in [0.5, 0.6) is 11.5 Å². The van der Waals surface area contributed by atoms with Crippen molar-refractivity contribution in [2.75, 3.05) is 5.32 Å². The Hall–Kier alpha value is -3.58. The first kappa shape index (κ1) is 20.2. The quantitative estimate of drug-likeness (QED) is 0.390. The van der Waals surface area contributed by atoms with Crippen LogP contribution in [0.25, 0.3) is 0 Å². The number of rotatable bonds is 6. The highest BCUT2D eigenvalue weighted by atomic mass is 35.5. The lowest BCUT2D eigenvalue weighted by Crippen LogP contribution is -2.13. The van der Waals surface area contributed by atoms with Gasteiger partial charge in [0.15, 0.2) is 0 Å². The van der Waals surface area contributed by atoms with Crippen LogP contribution < -0.4 is 10.1 Å². The van der Waals surface area contributed by atoms with E-state index < -0.39 is 11.0 Å². The first-order valence-electron chi connectivity index (χ1n) is 8.62. The monoisotopic (exact) mass is 412 g/mol. The molecule has 0 radical (unpaired) electrons. The van der Waals surface area contributed by atoms with Crippen LogP contribution in [0.3, 0.4) is 0 Å². The number of hydrogen-bond acceptors (Lipinski definition) is 5. The molecule has 0 heterocycles. The van der Waals surface area contributed by atoms with Crippen LogP contribution in [0.1, 0.15) is 11.1 Å². The van der Waals surface area contributed by atoms with Gasteiger partial charge in [0.1, 0.15) is 18.1 Å². The molecule has 0 saturated heterocycles. The Morgan fingerprint density at radius 1 is 1.10 bits per heavy atom. The molecule has 1 N–H and O–H groups in total. The van der Waals surface area contributed by atoms with Crippen molar-refractivity contribution < 1.29 is 19.2 Å². The summed E-state index contributed by atoms with van der Waals surface area (Å²) in [4.78, 5) is 22.8. The Balaban J connectivity index is 1.75. The number of nitro benzene ring substituents is 1. The van der Waals surface area contributed by atoms with Crippen LogP contribution in [0.4, 0.5) is 16.2 Å². The minimum atomic E-state index is -0.733. The van der Waals surface area contributed by atoms with Crippen LogP contribution in [0, 0.1) is 17.0 Å². The van der Waals surface area contributed by atoms with E-state index in [1.807, 2.05) is 30.3 Å². The lowest BCUT2D eigenvalue weighted by atomic mass is 10.2. The molecule has 0 aliphatic heterocycles. The molecule has 7 nitrogen and oxygen atoms in total. The molecule has 3 aromatic rings. The Kier molecular flexibility index (Phi) is 6.31. The van der Waals surface area contributed by atoms with Gasteiger partial charge in [-0.3, -0.25) is 15.4 Å². The molecule has 0 spiro atoms. The Bertz CT molecular complexity index is 1040. The first-order valence-corrected chi connectivity index (χ1v) is 9.00. The number of nitrogens with one attached hydrogen (secondary N) is 1. The van der Waals surface area contributed by atoms with E-state index in [0.717, 1.165) is 11.1 Å². The summed E-state index contributed by atoms with van der Waals surface area (Å²) in [5, 5.41) is 14.3. The fraction of sp³-hybridized carbons (Fsp3) is 0.0952. The highest BCUT2D eigenvalue weighted by Crippen LogP contribution is 2.32. The number of nitro groups is 1. The smallest absolute Gasteiger partial charge is 0.411 e. The van der Waals surface area contributed by atoms with E-state index in [0.29, 0.717) is 10.8 Å². The predicted octanol–water partition coefficient (Wildman–Crippen LogP) is 6.10. The summed E-state index contributed by atoms with van der Waals surface area (Å²) >= 11 is 5.94. The second-order valence-electron chi connectivity index (χ2n) is 6.17. The van der Waals surface area contributed by atoms with Crippen LogP contribution in [-0.4, -0.2) is 11.0 Å². The maximum Gasteiger partial charge on any atom is 0.411 e. The van der Waals surface area contributed by atoms with E-state index in [1.54, 1.807) is 25.1 Å². The van der Waals surface area contributed by atoms with Crippen molar-refractivity contribution in [3.63, 3.8) is 0 Å². The molecule has 0 fully saturated rings. The van der Waals surface area contributed by atoms with Gasteiger partial charge in [0, 0.05) is 17.2 Å². The van der Waals surface area contributed by atoms with Gasteiger partial charge >= 0.3 is 6.09 Å². The number of nitrogens with zero attached hydrogens (tertiary/aromatic N) is 1. The van der Waals surface area contributed by atoms with Gasteiger partial charge in [-0.25, -0.2) is 4.79 Å². The zero-order chi connectivity index (χ0) is 20.8. The first-order chi connectivity index (χ1) is 13.9. The van der Waals surface area contributed by atoms with Gasteiger partial charge in [0.05, 0.1) is 16.7 Å². The summed E-state index contributed by atoms with van der Waals surface area (Å²) in [5.41, 5.74) is 1.54. The van der Waals surface area contributed by atoms with Gasteiger partial charge in [-0.2, -0.15) is 0 Å². The van der Waals surface area contributed by atoms with E-state index in [1.165, 1.54) is 18.2 Å². The lowest BCUT2D eigenvalue weighted by Gasteiger charge is -2.11. The molecule has 0 bridgehead atoms. The molecular formula is C21H17ClN2O5. The molecule has 0 atom stereocenters. The molecule has 8 heteroatoms. The fourth-order valence-electron chi connectivity index (χ4n) is 2.55. The average molecular weight is 413 g/mol. The third-order valence-corrected chi connectivity index (χ3v) is 4.16. The number of carbonyl (C=O) groups excluding carboxylic acids is 1. The van der Waals surface area contributed by atoms with Crippen molar-refractivity contribution in [3.05, 3.63) is 93.0 Å². The highest BCUT2D eigenvalue weighted by Gasteiger charge is 2.14. The number of halogens is 1. The van der Waals surface area contributed by atoms with Gasteiger partial charge in [-0.15, -0.1) is 0 Å². The standard InChI is InChI=1S/C21H17ClN2O5/c1-14-9-16(22)7-8-20(14)29-19-11-17(10-18(12-19)24(26)27)23-21(25)28-13-15-5-3-2-4-6-15/h2-12H,13H2,1H3,(H,23,25). The Morgan fingerprint density at radius 2 is 1.86 bits per heavy atom. The molecule has 29 heavy (non-hydrogen) atoms. The van der Waals surface area contributed by atoms with Gasteiger partial charge < -0.3 is 9.47 Å². The van der Waals surface area contributed by atoms with E-state index in [9.17, 15) is 14.9 Å². The second-order valence-corrected chi connectivity index (χ2v) is 6.61. The van der Waals surface area contributed by atoms with Crippen molar-refractivity contribution in [1.82, 2.24) is 0 Å². The third kappa shape index (κ3) is 5.70. The SMILES string of the molecule is Cc1cc(Cl)ccc1Oc1cc(NC(=O)OCc2ccccc2)cc([N+](=O)[O-])c1. The van der Waals surface area contributed by atoms with E-state index in [2.05, 4.69) is 5.32 Å². The van der Waals surface area contributed by atoms with Crippen LogP contribution in [0.15, 0.2) is 66.7 Å². The Morgan fingerprint density at radius 3 is 2.55 bits per heavy atom. The molecule has 1 amide bonds. The molecule has 0 saturated carbocycles. The van der Waals surface area contributed by atoms with Crippen molar-refractivity contribution in [2.24, 2.45) is 0 Å². The fourth-order valence-corrected chi connectivity index (χ4v) is 2.78. The van der Waals surface area contributed by atoms with Crippen LogP contribution in [-0.2, 0) is 11.3 Å². The summed E-state index contributed by atoms with van der Waals surface area (Å²) < 4.78 is 10.9. The molecule has 0 aliphatic rings. The number of carbonyl (C=O) groups is 1. The maximum absolute atomic E-state index is 12.1. The Labute approximate surface area is 172 Å². The number of anilines is 1. The van der Waals surface area contributed by atoms with Crippen molar-refractivity contribution in [3.8, 4) is 11.5 Å². The topological polar surface area (TPSA) is 90.7 Å². The number of benzene rings is 3. The zero-order valence-corrected chi connectivity index (χ0v) is 16.2. The minimum Gasteiger partial charge on any atom is -0.457 e. The highest BCUT2D eigenvalue weighted by molar-refractivity contribution is 6.30. The summed E-state index contributed by atoms with van der Waals surface area (Å²) in [6, 6.07) is 18.2. The van der Waals surface area contributed by atoms with Crippen LogP contribution >= 0.6 is 11.6 Å². The predicted molar refractivity (Wildman–Crippen MR) is 110 cm³/mol. The largest absolute Gasteiger partial charge is 0.457 e. The average Bonchev–Trinajstić information content (AvgIpc) is 2.69. The number of ether oxygens (including phenoxy) is 2. The van der Waals surface area contributed by atoms with Gasteiger partial charge in [0.25, 0.3) is 5.69 Å². The molecule has 0 aliphatic carbocycles. The third-order valence-electron chi connectivity index (χ3n) is 3.93. The molecule has 3 rings (SSSR count). The molecule has 0 unspecified atom stereocenters. The van der Waals surface area contributed by atoms with Gasteiger partial charge in [-0.1, -0.05) is 41.9 Å². The normalized spacial score (nSPS) is 10.3. The molecular weight excluding hydrogens is 396 g/mol. The summed E-state index contributed by atoms with van der Waals surface area (Å²) in [7, 11) is 0. The minimum absolute atomic E-state index is 0.0783.